The summed E-state index contributed by atoms with van der Waals surface area (Å²) in [5.74, 6) is 0.934. The van der Waals surface area contributed by atoms with Gasteiger partial charge in [0.1, 0.15) is 0 Å². The molecule has 102 valence electrons. The number of fused-ring (bicyclic) bond motifs is 1. The maximum atomic E-state index is 6.27. The first-order chi connectivity index (χ1) is 9.25. The molecular weight excluding hydrogens is 284 g/mol. The van der Waals surface area contributed by atoms with Crippen LogP contribution in [-0.2, 0) is 9.47 Å². The van der Waals surface area contributed by atoms with E-state index < -0.39 is 0 Å². The molecule has 0 unspecified atom stereocenters. The van der Waals surface area contributed by atoms with Crippen molar-refractivity contribution >= 4 is 39.0 Å². The van der Waals surface area contributed by atoms with Crippen LogP contribution in [0.2, 0.25) is 5.02 Å². The summed E-state index contributed by atoms with van der Waals surface area (Å²) in [4.78, 5) is 2.11. The van der Waals surface area contributed by atoms with Gasteiger partial charge < -0.3 is 14.4 Å². The molecule has 1 aromatic heterocycles. The highest BCUT2D eigenvalue weighted by atomic mass is 35.5. The summed E-state index contributed by atoms with van der Waals surface area (Å²) in [7, 11) is 2.02. The molecule has 0 amide bonds. The second-order valence-corrected chi connectivity index (χ2v) is 5.71. The van der Waals surface area contributed by atoms with Crippen LogP contribution in [0.15, 0.2) is 18.2 Å². The number of ether oxygens (including phenoxy) is 2. The molecule has 1 aliphatic rings. The Kier molecular flexibility index (Phi) is 3.88. The fraction of sp³-hybridized carbons (Fsp3) is 0.462. The van der Waals surface area contributed by atoms with Crippen LogP contribution >= 0.6 is 23.1 Å². The zero-order valence-corrected chi connectivity index (χ0v) is 12.2. The summed E-state index contributed by atoms with van der Waals surface area (Å²) < 4.78 is 16.5. The topological polar surface area (TPSA) is 34.6 Å². The van der Waals surface area contributed by atoms with E-state index in [1.807, 2.05) is 25.2 Å². The quantitative estimate of drug-likeness (QED) is 0.868. The highest BCUT2D eigenvalue weighted by Crippen LogP contribution is 2.34. The number of hydrogen-bond acceptors (Lipinski definition) is 5. The Labute approximate surface area is 121 Å². The molecule has 0 atom stereocenters. The highest BCUT2D eigenvalue weighted by molar-refractivity contribution is 7.13. The Balaban J connectivity index is 1.75. The van der Waals surface area contributed by atoms with Crippen LogP contribution in [0.1, 0.15) is 6.42 Å². The van der Waals surface area contributed by atoms with Gasteiger partial charge in [0, 0.05) is 20.0 Å². The minimum Gasteiger partial charge on any atom is -0.358 e. The molecule has 19 heavy (non-hydrogen) atoms. The van der Waals surface area contributed by atoms with E-state index in [1.165, 1.54) is 11.5 Å². The van der Waals surface area contributed by atoms with Crippen LogP contribution in [-0.4, -0.2) is 37.5 Å². The maximum Gasteiger partial charge on any atom is 0.159 e. The Bertz CT molecular complexity index is 569. The molecule has 0 bridgehead atoms. The zero-order chi connectivity index (χ0) is 13.2. The van der Waals surface area contributed by atoms with Crippen LogP contribution in [0, 0.1) is 0 Å². The van der Waals surface area contributed by atoms with Crippen molar-refractivity contribution in [1.29, 1.82) is 0 Å². The molecule has 2 heterocycles. The number of aromatic nitrogens is 1. The Morgan fingerprint density at radius 3 is 3.00 bits per heavy atom. The van der Waals surface area contributed by atoms with Crippen LogP contribution < -0.4 is 4.90 Å². The number of halogens is 1. The van der Waals surface area contributed by atoms with E-state index in [1.54, 1.807) is 0 Å². The van der Waals surface area contributed by atoms with Crippen LogP contribution in [0.5, 0.6) is 0 Å². The van der Waals surface area contributed by atoms with Gasteiger partial charge in [-0.3, -0.25) is 0 Å². The molecule has 6 heteroatoms. The lowest BCUT2D eigenvalue weighted by Crippen LogP contribution is -2.23. The van der Waals surface area contributed by atoms with E-state index in [-0.39, 0.29) is 6.29 Å². The molecule has 1 aliphatic heterocycles. The van der Waals surface area contributed by atoms with Crippen LogP contribution in [0.4, 0.5) is 5.82 Å². The second kappa shape index (κ2) is 5.63. The van der Waals surface area contributed by atoms with Crippen molar-refractivity contribution in [3.8, 4) is 0 Å². The molecule has 0 radical (unpaired) electrons. The lowest BCUT2D eigenvalue weighted by atomic mass is 10.2. The summed E-state index contributed by atoms with van der Waals surface area (Å²) in [6, 6.07) is 5.89. The minimum atomic E-state index is -0.0807. The van der Waals surface area contributed by atoms with E-state index in [4.69, 9.17) is 21.1 Å². The van der Waals surface area contributed by atoms with Gasteiger partial charge in [0.25, 0.3) is 0 Å². The van der Waals surface area contributed by atoms with Crippen molar-refractivity contribution in [3.63, 3.8) is 0 Å². The van der Waals surface area contributed by atoms with E-state index >= 15 is 0 Å². The normalized spacial score (nSPS) is 16.3. The fourth-order valence-electron chi connectivity index (χ4n) is 2.17. The monoisotopic (exact) mass is 298 g/mol. The standard InChI is InChI=1S/C13H15ClN2O2S/c1-16(6-5-11-17-7-8-18-11)13-12-9(14)3-2-4-10(12)19-15-13/h2-4,11H,5-8H2,1H3. The van der Waals surface area contributed by atoms with Gasteiger partial charge in [-0.05, 0) is 23.7 Å². The Hall–Kier alpha value is -0.880. The van der Waals surface area contributed by atoms with Gasteiger partial charge in [-0.2, -0.15) is 4.37 Å². The van der Waals surface area contributed by atoms with E-state index in [0.717, 1.165) is 33.9 Å². The molecule has 0 N–H and O–H groups in total. The third-order valence-corrected chi connectivity index (χ3v) is 4.30. The van der Waals surface area contributed by atoms with Crippen molar-refractivity contribution in [2.24, 2.45) is 0 Å². The van der Waals surface area contributed by atoms with Gasteiger partial charge >= 0.3 is 0 Å². The molecule has 3 rings (SSSR count). The molecule has 0 saturated carbocycles. The first-order valence-corrected chi connectivity index (χ1v) is 7.39. The van der Waals surface area contributed by atoms with Crippen molar-refractivity contribution in [3.05, 3.63) is 23.2 Å². The predicted octanol–water partition coefficient (Wildman–Crippen LogP) is 3.15. The van der Waals surface area contributed by atoms with Gasteiger partial charge in [-0.15, -0.1) is 0 Å². The van der Waals surface area contributed by atoms with Crippen molar-refractivity contribution in [2.75, 3.05) is 31.7 Å². The van der Waals surface area contributed by atoms with Crippen LogP contribution in [0.3, 0.4) is 0 Å². The van der Waals surface area contributed by atoms with Gasteiger partial charge in [0.05, 0.1) is 28.3 Å². The minimum absolute atomic E-state index is 0.0807. The third-order valence-electron chi connectivity index (χ3n) is 3.18. The highest BCUT2D eigenvalue weighted by Gasteiger charge is 2.18. The summed E-state index contributed by atoms with van der Waals surface area (Å²) >= 11 is 7.74. The Morgan fingerprint density at radius 1 is 1.42 bits per heavy atom. The number of anilines is 1. The molecule has 1 saturated heterocycles. The number of benzene rings is 1. The molecule has 4 nitrogen and oxygen atoms in total. The molecular formula is C13H15ClN2O2S. The largest absolute Gasteiger partial charge is 0.358 e. The molecule has 0 aliphatic carbocycles. The lowest BCUT2D eigenvalue weighted by Gasteiger charge is -2.19. The number of hydrogen-bond donors (Lipinski definition) is 0. The summed E-state index contributed by atoms with van der Waals surface area (Å²) in [6.45, 7) is 2.22. The predicted molar refractivity (Wildman–Crippen MR) is 78.2 cm³/mol. The second-order valence-electron chi connectivity index (χ2n) is 4.50. The average molecular weight is 299 g/mol. The molecule has 1 fully saturated rings. The van der Waals surface area contributed by atoms with Gasteiger partial charge in [-0.25, -0.2) is 0 Å². The summed E-state index contributed by atoms with van der Waals surface area (Å²) in [6.07, 6.45) is 0.753. The average Bonchev–Trinajstić information content (AvgIpc) is 3.05. The fourth-order valence-corrected chi connectivity index (χ4v) is 3.34. The van der Waals surface area contributed by atoms with E-state index in [9.17, 15) is 0 Å². The van der Waals surface area contributed by atoms with Crippen LogP contribution in [0.25, 0.3) is 10.1 Å². The first kappa shape index (κ1) is 13.1. The van der Waals surface area contributed by atoms with Crippen molar-refractivity contribution < 1.29 is 9.47 Å². The maximum absolute atomic E-state index is 6.27. The molecule has 1 aromatic carbocycles. The van der Waals surface area contributed by atoms with Gasteiger partial charge in [0.2, 0.25) is 0 Å². The summed E-state index contributed by atoms with van der Waals surface area (Å²) in [5, 5.41) is 1.78. The van der Waals surface area contributed by atoms with Gasteiger partial charge in [0.15, 0.2) is 12.1 Å². The number of rotatable bonds is 4. The number of nitrogens with zero attached hydrogens (tertiary/aromatic N) is 2. The van der Waals surface area contributed by atoms with Crippen molar-refractivity contribution in [1.82, 2.24) is 4.37 Å². The SMILES string of the molecule is CN(CCC1OCCO1)c1nsc2cccc(Cl)c12. The smallest absolute Gasteiger partial charge is 0.159 e. The molecule has 2 aromatic rings. The lowest BCUT2D eigenvalue weighted by molar-refractivity contribution is -0.0447. The van der Waals surface area contributed by atoms with E-state index in [2.05, 4.69) is 9.27 Å². The summed E-state index contributed by atoms with van der Waals surface area (Å²) in [5.41, 5.74) is 0. The Morgan fingerprint density at radius 2 is 2.21 bits per heavy atom. The van der Waals surface area contributed by atoms with Gasteiger partial charge in [-0.1, -0.05) is 17.7 Å². The third kappa shape index (κ3) is 2.69. The van der Waals surface area contributed by atoms with E-state index in [0.29, 0.717) is 13.2 Å². The molecule has 0 spiro atoms. The first-order valence-electron chi connectivity index (χ1n) is 6.24. The van der Waals surface area contributed by atoms with Crippen molar-refractivity contribution in [2.45, 2.75) is 12.7 Å². The zero-order valence-electron chi connectivity index (χ0n) is 10.6.